The number of nitrogens with one attached hydrogen (secondary N) is 5. The summed E-state index contributed by atoms with van der Waals surface area (Å²) in [4.78, 5) is 160. The third-order valence-corrected chi connectivity index (χ3v) is 13.0. The number of hydrogen-bond donors (Lipinski definition) is 7. The fourth-order valence-electron chi connectivity index (χ4n) is 9.11. The molecule has 0 saturated carbocycles. The number of ether oxygens (including phenoxy) is 6. The fraction of sp³-hybridized carbons (Fsp3) is 0.735. The Labute approximate surface area is 562 Å². The number of carbonyl (C=O) groups excluding carboxylic acids is 12. The van der Waals surface area contributed by atoms with Gasteiger partial charge in [0.25, 0.3) is 11.8 Å². The zero-order valence-electron chi connectivity index (χ0n) is 59.8. The van der Waals surface area contributed by atoms with E-state index in [0.717, 1.165) is 0 Å². The third kappa shape index (κ3) is 41.5. The van der Waals surface area contributed by atoms with E-state index in [1.54, 1.807) is 149 Å². The summed E-state index contributed by atoms with van der Waals surface area (Å²) in [6, 6.07) is 2.90. The minimum Gasteiger partial charge on any atom is -0.459 e. The molecule has 0 bridgehead atoms. The predicted octanol–water partition coefficient (Wildman–Crippen LogP) is 5.13. The first kappa shape index (κ1) is 85.9. The van der Waals surface area contributed by atoms with Crippen LogP contribution >= 0.6 is 0 Å². The Kier molecular flexibility index (Phi) is 36.6. The lowest BCUT2D eigenvalue weighted by Crippen LogP contribution is -2.50. The van der Waals surface area contributed by atoms with Crippen molar-refractivity contribution in [3.8, 4) is 0 Å². The molecule has 0 aliphatic rings. The molecule has 540 valence electrons. The summed E-state index contributed by atoms with van der Waals surface area (Å²) in [5.74, 6) is -7.61. The molecule has 0 spiro atoms. The molecule has 0 radical (unpaired) electrons. The Bertz CT molecular complexity index is 2600. The molecule has 5 amide bonds. The molecule has 1 rings (SSSR count). The molecule has 27 heteroatoms. The van der Waals surface area contributed by atoms with Gasteiger partial charge < -0.3 is 65.2 Å². The van der Waals surface area contributed by atoms with Gasteiger partial charge in [0.1, 0.15) is 58.0 Å². The summed E-state index contributed by atoms with van der Waals surface area (Å²) in [5.41, 5.74) is -4.28. The summed E-state index contributed by atoms with van der Waals surface area (Å²) in [5, 5.41) is 33.9. The fourth-order valence-corrected chi connectivity index (χ4v) is 9.11. The molecule has 1 aromatic rings. The van der Waals surface area contributed by atoms with Crippen molar-refractivity contribution in [3.05, 3.63) is 35.4 Å². The lowest BCUT2D eigenvalue weighted by atomic mass is 10.1. The number of benzene rings is 1. The highest BCUT2D eigenvalue weighted by molar-refractivity contribution is 5.91. The number of carbonyl (C=O) groups is 12. The highest BCUT2D eigenvalue weighted by Crippen LogP contribution is 2.22. The minimum atomic E-state index is -2.06. The lowest BCUT2D eigenvalue weighted by Gasteiger charge is -2.33. The lowest BCUT2D eigenvalue weighted by molar-refractivity contribution is -0.171. The monoisotopic (exact) mass is 1350 g/mol. The number of unbranched alkanes of at least 4 members (excludes halogenated alkanes) is 5. The van der Waals surface area contributed by atoms with E-state index in [-0.39, 0.29) is 71.1 Å². The zero-order chi connectivity index (χ0) is 72.7. The van der Waals surface area contributed by atoms with Gasteiger partial charge in [-0.15, -0.1) is 0 Å². The SMILES string of the molecule is CC(C)(C)OC(=O)CN(CC(=O)OC(C)(C)C)C(CCCCNC(=O)CCC(NC(=O)CCCCCCNC(=O)C(O)C(O)C(=O)NCc1ccc(C=O)cc1)C(=O)NCCCCC(C(=O)OC(C)(C)C)N(CC(=O)OC(C)(C)C)CC(=O)OC(C)(C)C)C(=O)OC(C)(C)C. The van der Waals surface area contributed by atoms with Crippen LogP contribution in [0.4, 0.5) is 0 Å². The maximum absolute atomic E-state index is 14.0. The summed E-state index contributed by atoms with van der Waals surface area (Å²) in [6.45, 7) is 28.8. The highest BCUT2D eigenvalue weighted by Gasteiger charge is 2.37. The van der Waals surface area contributed by atoms with Crippen molar-refractivity contribution in [2.45, 2.75) is 279 Å². The molecule has 27 nitrogen and oxygen atoms in total. The Balaban J connectivity index is 3.24. The van der Waals surface area contributed by atoms with Crippen LogP contribution in [0.1, 0.15) is 224 Å². The van der Waals surface area contributed by atoms with Crippen molar-refractivity contribution in [1.82, 2.24) is 36.4 Å². The van der Waals surface area contributed by atoms with Crippen LogP contribution in [-0.2, 0) is 87.7 Å². The molecule has 5 atom stereocenters. The van der Waals surface area contributed by atoms with E-state index in [4.69, 9.17) is 28.4 Å². The van der Waals surface area contributed by atoms with Crippen LogP contribution < -0.4 is 26.6 Å². The minimum absolute atomic E-state index is 0.0179. The number of hydrogen-bond acceptors (Lipinski definition) is 22. The van der Waals surface area contributed by atoms with E-state index in [0.29, 0.717) is 55.9 Å². The number of aliphatic hydroxyl groups excluding tert-OH is 2. The Hall–Kier alpha value is -7.10. The standard InChI is InChI=1S/C68H113N7O20/c1-63(2,3)90-52(79)40-74(41-53(80)91-64(4,5)6)48(61(88)94-67(13,14)15)27-22-25-36-69-50(77)35-34-47(73-51(78)29-21-19-20-24-37-71-59(86)56(83)57(84)60(87)72-39-45-30-32-46(44-76)33-31-45)58(85)70-38-26-23-28-49(62(89)95-68(16,17)18)75(42-54(81)92-65(7,8)9)43-55(82)93-66(10,11)12/h30-33,44,47-49,56-57,83-84H,19-29,34-43H2,1-18H3,(H,69,77)(H,70,85)(H,71,86)(H,72,87)(H,73,78). The molecule has 0 aromatic heterocycles. The molecule has 95 heavy (non-hydrogen) atoms. The summed E-state index contributed by atoms with van der Waals surface area (Å²) >= 11 is 0. The number of rotatable bonds is 40. The zero-order valence-corrected chi connectivity index (χ0v) is 59.8. The van der Waals surface area contributed by atoms with E-state index in [9.17, 15) is 67.7 Å². The number of nitrogens with zero attached hydrogens (tertiary/aromatic N) is 2. The van der Waals surface area contributed by atoms with Crippen molar-refractivity contribution < 1.29 is 96.2 Å². The molecule has 0 aliphatic carbocycles. The van der Waals surface area contributed by atoms with E-state index in [1.807, 2.05) is 0 Å². The van der Waals surface area contributed by atoms with E-state index in [1.165, 1.54) is 9.80 Å². The van der Waals surface area contributed by atoms with Crippen LogP contribution in [0.15, 0.2) is 24.3 Å². The van der Waals surface area contributed by atoms with Gasteiger partial charge in [0, 0.05) is 44.6 Å². The maximum atomic E-state index is 14.0. The summed E-state index contributed by atoms with van der Waals surface area (Å²) in [7, 11) is 0. The maximum Gasteiger partial charge on any atom is 0.323 e. The van der Waals surface area contributed by atoms with Crippen molar-refractivity contribution in [2.75, 3.05) is 45.8 Å². The third-order valence-electron chi connectivity index (χ3n) is 13.0. The van der Waals surface area contributed by atoms with E-state index in [2.05, 4.69) is 26.6 Å². The predicted molar refractivity (Wildman–Crippen MR) is 352 cm³/mol. The summed E-state index contributed by atoms with van der Waals surface area (Å²) in [6.07, 6.45) is -0.599. The first-order valence-electron chi connectivity index (χ1n) is 32.8. The van der Waals surface area contributed by atoms with Crippen LogP contribution in [0.3, 0.4) is 0 Å². The van der Waals surface area contributed by atoms with Crippen molar-refractivity contribution in [3.63, 3.8) is 0 Å². The van der Waals surface area contributed by atoms with E-state index >= 15 is 0 Å². The van der Waals surface area contributed by atoms with Gasteiger partial charge in [-0.3, -0.25) is 67.3 Å². The molecule has 0 fully saturated rings. The second-order valence-corrected chi connectivity index (χ2v) is 29.5. The van der Waals surface area contributed by atoms with Crippen molar-refractivity contribution in [2.24, 2.45) is 0 Å². The number of esters is 6. The largest absolute Gasteiger partial charge is 0.459 e. The quantitative estimate of drug-likeness (QED) is 0.0194. The molecular weight excluding hydrogens is 1230 g/mol. The first-order chi connectivity index (χ1) is 43.7. The number of amides is 5. The van der Waals surface area contributed by atoms with Gasteiger partial charge in [-0.1, -0.05) is 37.1 Å². The van der Waals surface area contributed by atoms with Gasteiger partial charge >= 0.3 is 35.8 Å². The van der Waals surface area contributed by atoms with Crippen LogP contribution in [0.5, 0.6) is 0 Å². The van der Waals surface area contributed by atoms with Crippen molar-refractivity contribution in [1.29, 1.82) is 0 Å². The van der Waals surface area contributed by atoms with Gasteiger partial charge in [0.15, 0.2) is 12.2 Å². The smallest absolute Gasteiger partial charge is 0.323 e. The molecule has 5 unspecified atom stereocenters. The van der Waals surface area contributed by atoms with Gasteiger partial charge in [0.05, 0.1) is 26.2 Å². The van der Waals surface area contributed by atoms with Gasteiger partial charge in [-0.05, 0) is 188 Å². The van der Waals surface area contributed by atoms with Gasteiger partial charge in [-0.2, -0.15) is 0 Å². The van der Waals surface area contributed by atoms with Gasteiger partial charge in [0.2, 0.25) is 17.7 Å². The Morgan fingerprint density at radius 3 is 1.14 bits per heavy atom. The van der Waals surface area contributed by atoms with Gasteiger partial charge in [-0.25, -0.2) is 0 Å². The van der Waals surface area contributed by atoms with Crippen LogP contribution in [0.2, 0.25) is 0 Å². The number of aliphatic hydroxyl groups is 2. The second kappa shape index (κ2) is 40.5. The highest BCUT2D eigenvalue weighted by atomic mass is 16.6. The van der Waals surface area contributed by atoms with E-state index < -0.39 is 155 Å². The van der Waals surface area contributed by atoms with Crippen LogP contribution in [0, 0.1) is 0 Å². The van der Waals surface area contributed by atoms with Crippen LogP contribution in [-0.4, -0.2) is 201 Å². The number of aldehydes is 1. The van der Waals surface area contributed by atoms with Crippen molar-refractivity contribution >= 4 is 71.6 Å². The van der Waals surface area contributed by atoms with Crippen LogP contribution in [0.25, 0.3) is 0 Å². The topological polar surface area (TPSA) is 367 Å². The average Bonchev–Trinajstić information content (AvgIpc) is 0.867. The Morgan fingerprint density at radius 2 is 0.758 bits per heavy atom. The first-order valence-corrected chi connectivity index (χ1v) is 32.8. The summed E-state index contributed by atoms with van der Waals surface area (Å²) < 4.78 is 33.7. The normalized spacial score (nSPS) is 13.8. The molecule has 7 N–H and O–H groups in total. The molecule has 0 heterocycles. The average molecular weight is 1350 g/mol. The Morgan fingerprint density at radius 1 is 0.411 bits per heavy atom. The second-order valence-electron chi connectivity index (χ2n) is 29.5. The molecule has 1 aromatic carbocycles. The molecule has 0 saturated heterocycles. The molecular formula is C68H113N7O20. The molecule has 0 aliphatic heterocycles.